The third kappa shape index (κ3) is 5.32. The predicted molar refractivity (Wildman–Crippen MR) is 73.2 cm³/mol. The van der Waals surface area contributed by atoms with Crippen molar-refractivity contribution < 1.29 is 9.53 Å². The highest BCUT2D eigenvalue weighted by Crippen LogP contribution is 2.06. The molecule has 0 unspecified atom stereocenters. The molecule has 1 rings (SSSR count). The van der Waals surface area contributed by atoms with E-state index in [1.54, 1.807) is 0 Å². The molecule has 1 aromatic carbocycles. The summed E-state index contributed by atoms with van der Waals surface area (Å²) in [5, 5.41) is 0. The van der Waals surface area contributed by atoms with Crippen LogP contribution in [0, 0.1) is 0 Å². The molecule has 0 N–H and O–H groups in total. The summed E-state index contributed by atoms with van der Waals surface area (Å²) >= 11 is 0. The van der Waals surface area contributed by atoms with Gasteiger partial charge in [-0.05, 0) is 25.8 Å². The van der Waals surface area contributed by atoms with Crippen LogP contribution in [0.3, 0.4) is 0 Å². The van der Waals surface area contributed by atoms with E-state index in [2.05, 4.69) is 6.92 Å². The average molecular weight is 249 g/mol. The Bertz CT molecular complexity index is 349. The number of hydrogen-bond acceptors (Lipinski definition) is 2. The molecule has 1 aromatic rings. The molecular weight excluding hydrogens is 226 g/mol. The molecule has 0 spiro atoms. The Hall–Kier alpha value is -1.35. The van der Waals surface area contributed by atoms with Crippen molar-refractivity contribution >= 4 is 5.91 Å². The van der Waals surface area contributed by atoms with Crippen LogP contribution in [0.4, 0.5) is 0 Å². The lowest BCUT2D eigenvalue weighted by atomic mass is 10.2. The summed E-state index contributed by atoms with van der Waals surface area (Å²) < 4.78 is 5.38. The van der Waals surface area contributed by atoms with Gasteiger partial charge in [-0.15, -0.1) is 0 Å². The minimum absolute atomic E-state index is 0.0643. The molecule has 0 aliphatic heterocycles. The summed E-state index contributed by atoms with van der Waals surface area (Å²) in [5.74, 6) is 0.0643. The summed E-state index contributed by atoms with van der Waals surface area (Å²) in [7, 11) is 0. The van der Waals surface area contributed by atoms with Crippen molar-refractivity contribution in [3.63, 3.8) is 0 Å². The number of hydrogen-bond donors (Lipinski definition) is 0. The molecule has 0 atom stereocenters. The van der Waals surface area contributed by atoms with Crippen molar-refractivity contribution in [3.05, 3.63) is 35.9 Å². The largest absolute Gasteiger partial charge is 0.369 e. The topological polar surface area (TPSA) is 29.5 Å². The van der Waals surface area contributed by atoms with Gasteiger partial charge < -0.3 is 9.64 Å². The number of rotatable bonds is 7. The highest BCUT2D eigenvalue weighted by atomic mass is 16.5. The average Bonchev–Trinajstić information content (AvgIpc) is 2.36. The van der Waals surface area contributed by atoms with Gasteiger partial charge in [0, 0.05) is 13.1 Å². The molecule has 0 aromatic heterocycles. The fourth-order valence-electron chi connectivity index (χ4n) is 1.69. The molecule has 3 heteroatoms. The van der Waals surface area contributed by atoms with E-state index in [4.69, 9.17) is 4.74 Å². The van der Waals surface area contributed by atoms with Crippen LogP contribution in [0.5, 0.6) is 0 Å². The molecule has 0 saturated carbocycles. The summed E-state index contributed by atoms with van der Waals surface area (Å²) in [6.07, 6.45) is 1.05. The zero-order valence-corrected chi connectivity index (χ0v) is 11.6. The Balaban J connectivity index is 2.56. The van der Waals surface area contributed by atoms with Gasteiger partial charge in [0.1, 0.15) is 6.61 Å². The monoisotopic (exact) mass is 249 g/mol. The van der Waals surface area contributed by atoms with Gasteiger partial charge in [0.15, 0.2) is 0 Å². The van der Waals surface area contributed by atoms with Crippen molar-refractivity contribution in [1.82, 2.24) is 4.90 Å². The first-order valence-electron chi connectivity index (χ1n) is 6.56. The van der Waals surface area contributed by atoms with Gasteiger partial charge in [-0.1, -0.05) is 37.3 Å². The molecule has 0 bridgehead atoms. The van der Waals surface area contributed by atoms with Gasteiger partial charge >= 0.3 is 0 Å². The van der Waals surface area contributed by atoms with E-state index in [0.29, 0.717) is 6.54 Å². The van der Waals surface area contributed by atoms with Crippen molar-refractivity contribution in [2.75, 3.05) is 13.2 Å². The molecule has 0 aliphatic rings. The van der Waals surface area contributed by atoms with E-state index >= 15 is 0 Å². The minimum Gasteiger partial charge on any atom is -0.369 e. The first-order valence-corrected chi connectivity index (χ1v) is 6.56. The lowest BCUT2D eigenvalue weighted by molar-refractivity contribution is -0.138. The zero-order chi connectivity index (χ0) is 13.4. The second kappa shape index (κ2) is 7.88. The van der Waals surface area contributed by atoms with E-state index in [9.17, 15) is 4.79 Å². The summed E-state index contributed by atoms with van der Waals surface area (Å²) in [6, 6.07) is 10.1. The van der Waals surface area contributed by atoms with Crippen LogP contribution < -0.4 is 0 Å². The zero-order valence-electron chi connectivity index (χ0n) is 11.6. The highest BCUT2D eigenvalue weighted by Gasteiger charge is 2.13. The van der Waals surface area contributed by atoms with E-state index in [0.717, 1.165) is 18.5 Å². The van der Waals surface area contributed by atoms with Gasteiger partial charge in [-0.2, -0.15) is 0 Å². The SMILES string of the molecule is CCCN(Cc1ccccc1)C(=O)COC(C)C. The molecule has 0 aliphatic carbocycles. The van der Waals surface area contributed by atoms with E-state index in [-0.39, 0.29) is 18.6 Å². The number of carbonyl (C=O) groups excluding carboxylic acids is 1. The summed E-state index contributed by atoms with van der Waals surface area (Å²) in [4.78, 5) is 13.9. The van der Waals surface area contributed by atoms with Crippen LogP contribution in [0.25, 0.3) is 0 Å². The number of nitrogens with zero attached hydrogens (tertiary/aromatic N) is 1. The van der Waals surface area contributed by atoms with Gasteiger partial charge in [-0.3, -0.25) is 4.79 Å². The van der Waals surface area contributed by atoms with Crippen molar-refractivity contribution in [1.29, 1.82) is 0 Å². The van der Waals surface area contributed by atoms with E-state index in [1.807, 2.05) is 49.1 Å². The fraction of sp³-hybridized carbons (Fsp3) is 0.533. The molecule has 0 fully saturated rings. The Morgan fingerprint density at radius 3 is 2.50 bits per heavy atom. The highest BCUT2D eigenvalue weighted by molar-refractivity contribution is 5.77. The molecule has 3 nitrogen and oxygen atoms in total. The van der Waals surface area contributed by atoms with Crippen LogP contribution in [-0.2, 0) is 16.1 Å². The van der Waals surface area contributed by atoms with Crippen molar-refractivity contribution in [2.45, 2.75) is 39.8 Å². The maximum absolute atomic E-state index is 12.0. The Kier molecular flexibility index (Phi) is 6.44. The molecule has 0 saturated heterocycles. The first kappa shape index (κ1) is 14.7. The number of amides is 1. The number of benzene rings is 1. The molecule has 18 heavy (non-hydrogen) atoms. The normalized spacial score (nSPS) is 10.7. The van der Waals surface area contributed by atoms with Gasteiger partial charge in [0.2, 0.25) is 5.91 Å². The lowest BCUT2D eigenvalue weighted by Crippen LogP contribution is -2.34. The Labute approximate surface area is 110 Å². The Morgan fingerprint density at radius 2 is 1.94 bits per heavy atom. The second-order valence-corrected chi connectivity index (χ2v) is 4.66. The molecule has 0 radical (unpaired) electrons. The van der Waals surface area contributed by atoms with Crippen molar-refractivity contribution in [2.24, 2.45) is 0 Å². The van der Waals surface area contributed by atoms with Gasteiger partial charge in [0.25, 0.3) is 0 Å². The van der Waals surface area contributed by atoms with Crippen LogP contribution in [0.1, 0.15) is 32.8 Å². The molecule has 0 heterocycles. The van der Waals surface area contributed by atoms with Crippen LogP contribution in [0.2, 0.25) is 0 Å². The third-order valence-electron chi connectivity index (χ3n) is 2.60. The van der Waals surface area contributed by atoms with E-state index in [1.165, 1.54) is 0 Å². The smallest absolute Gasteiger partial charge is 0.248 e. The third-order valence-corrected chi connectivity index (χ3v) is 2.60. The summed E-state index contributed by atoms with van der Waals surface area (Å²) in [6.45, 7) is 7.56. The molecule has 100 valence electrons. The van der Waals surface area contributed by atoms with Crippen LogP contribution in [0.15, 0.2) is 30.3 Å². The quantitative estimate of drug-likeness (QED) is 0.743. The van der Waals surface area contributed by atoms with Crippen molar-refractivity contribution in [3.8, 4) is 0 Å². The minimum atomic E-state index is 0.0643. The summed E-state index contributed by atoms with van der Waals surface area (Å²) in [5.41, 5.74) is 1.16. The maximum atomic E-state index is 12.0. The Morgan fingerprint density at radius 1 is 1.28 bits per heavy atom. The second-order valence-electron chi connectivity index (χ2n) is 4.66. The number of ether oxygens (including phenoxy) is 1. The number of carbonyl (C=O) groups is 1. The maximum Gasteiger partial charge on any atom is 0.248 e. The van der Waals surface area contributed by atoms with Gasteiger partial charge in [0.05, 0.1) is 6.10 Å². The first-order chi connectivity index (χ1) is 8.63. The van der Waals surface area contributed by atoms with Crippen LogP contribution in [-0.4, -0.2) is 30.1 Å². The lowest BCUT2D eigenvalue weighted by Gasteiger charge is -2.22. The fourth-order valence-corrected chi connectivity index (χ4v) is 1.69. The van der Waals surface area contributed by atoms with Crippen LogP contribution >= 0.6 is 0 Å². The van der Waals surface area contributed by atoms with E-state index < -0.39 is 0 Å². The van der Waals surface area contributed by atoms with Gasteiger partial charge in [-0.25, -0.2) is 0 Å². The molecule has 1 amide bonds. The predicted octanol–water partition coefficient (Wildman–Crippen LogP) is 2.85. The molecular formula is C15H23NO2. The standard InChI is InChI=1S/C15H23NO2/c1-4-10-16(15(17)12-18-13(2)3)11-14-8-6-5-7-9-14/h5-9,13H,4,10-12H2,1-3H3.